The lowest BCUT2D eigenvalue weighted by Crippen LogP contribution is -2.51. The zero-order chi connectivity index (χ0) is 34.1. The van der Waals surface area contributed by atoms with Crippen LogP contribution >= 0.6 is 0 Å². The number of carbonyl (C=O) groups is 1. The Kier molecular flexibility index (Phi) is 10.3. The van der Waals surface area contributed by atoms with Gasteiger partial charge in [0.1, 0.15) is 11.0 Å². The molecule has 47 heavy (non-hydrogen) atoms. The van der Waals surface area contributed by atoms with E-state index in [9.17, 15) is 9.90 Å². The third kappa shape index (κ3) is 7.78. The van der Waals surface area contributed by atoms with Crippen LogP contribution in [0.4, 0.5) is 0 Å². The van der Waals surface area contributed by atoms with Gasteiger partial charge in [-0.25, -0.2) is 0 Å². The number of aryl methyl sites for hydroxylation is 4. The number of hydrogen-bond acceptors (Lipinski definition) is 6. The Morgan fingerprint density at radius 3 is 2.32 bits per heavy atom. The van der Waals surface area contributed by atoms with Gasteiger partial charge >= 0.3 is 5.97 Å². The molecule has 7 nitrogen and oxygen atoms in total. The van der Waals surface area contributed by atoms with Crippen molar-refractivity contribution in [2.45, 2.75) is 131 Å². The van der Waals surface area contributed by atoms with Crippen molar-refractivity contribution in [2.75, 3.05) is 13.7 Å². The molecule has 0 saturated heterocycles. The minimum absolute atomic E-state index is 0.164. The summed E-state index contributed by atoms with van der Waals surface area (Å²) in [4.78, 5) is 13.4. The fraction of sp³-hybridized carbons (Fsp3) is 0.600. The van der Waals surface area contributed by atoms with Crippen molar-refractivity contribution in [3.8, 4) is 22.8 Å². The Labute approximate surface area is 281 Å². The molecule has 1 aliphatic heterocycles. The molecule has 2 aliphatic rings. The van der Waals surface area contributed by atoms with Crippen molar-refractivity contribution >= 4 is 16.7 Å². The number of fused-ring (bicyclic) bond motifs is 5. The van der Waals surface area contributed by atoms with Gasteiger partial charge in [-0.2, -0.15) is 4.57 Å². The van der Waals surface area contributed by atoms with Crippen molar-refractivity contribution in [1.82, 2.24) is 0 Å². The maximum atomic E-state index is 13.4. The zero-order valence-corrected chi connectivity index (χ0v) is 30.1. The molecule has 3 atom stereocenters. The summed E-state index contributed by atoms with van der Waals surface area (Å²) in [6.45, 7) is 16.4. The molecule has 0 saturated carbocycles. The van der Waals surface area contributed by atoms with Crippen molar-refractivity contribution in [3.05, 3.63) is 53.2 Å². The maximum absolute atomic E-state index is 13.4. The Morgan fingerprint density at radius 2 is 1.64 bits per heavy atom. The fourth-order valence-electron chi connectivity index (χ4n) is 6.99. The number of rotatable bonds is 12. The summed E-state index contributed by atoms with van der Waals surface area (Å²) in [6, 6.07) is 11.3. The predicted octanol–water partition coefficient (Wildman–Crippen LogP) is 7.90. The van der Waals surface area contributed by atoms with E-state index in [4.69, 9.17) is 18.9 Å². The first-order valence-corrected chi connectivity index (χ1v) is 17.5. The van der Waals surface area contributed by atoms with Crippen LogP contribution in [0.1, 0.15) is 104 Å². The number of carbonyl (C=O) groups excluding carboxylic acids is 1. The zero-order valence-electron chi connectivity index (χ0n) is 30.1. The quantitative estimate of drug-likeness (QED) is 0.0933. The third-order valence-electron chi connectivity index (χ3n) is 9.88. The van der Waals surface area contributed by atoms with E-state index in [2.05, 4.69) is 35.0 Å². The second-order valence-electron chi connectivity index (χ2n) is 15.8. The summed E-state index contributed by atoms with van der Waals surface area (Å²) >= 11 is 0. The molecular formula is C40H56NO6+. The van der Waals surface area contributed by atoms with Crippen LogP contribution in [0, 0.1) is 11.3 Å². The average Bonchev–Trinajstić information content (AvgIpc) is 3.45. The van der Waals surface area contributed by atoms with E-state index in [-0.39, 0.29) is 5.92 Å². The minimum Gasteiger partial charge on any atom is -0.493 e. The Morgan fingerprint density at radius 1 is 0.915 bits per heavy atom. The van der Waals surface area contributed by atoms with E-state index in [1.807, 2.05) is 54.5 Å². The fourth-order valence-corrected chi connectivity index (χ4v) is 6.99. The number of unbranched alkanes of at least 4 members (excludes halogenated alkanes) is 2. The van der Waals surface area contributed by atoms with Gasteiger partial charge in [0.25, 0.3) is 0 Å². The smallest absolute Gasteiger partial charge is 0.317 e. The molecule has 7 heteroatoms. The van der Waals surface area contributed by atoms with Crippen LogP contribution in [0.3, 0.4) is 0 Å². The Hall–Kier alpha value is -3.16. The minimum atomic E-state index is -1.28. The molecule has 0 radical (unpaired) electrons. The molecule has 256 valence electrons. The van der Waals surface area contributed by atoms with Crippen molar-refractivity contribution in [3.63, 3.8) is 0 Å². The van der Waals surface area contributed by atoms with E-state index in [1.54, 1.807) is 14.0 Å². The number of esters is 1. The molecule has 1 N–H and O–H groups in total. The van der Waals surface area contributed by atoms with Crippen molar-refractivity contribution in [1.29, 1.82) is 0 Å². The number of ether oxygens (including phenoxy) is 4. The molecule has 3 aromatic rings. The SMILES string of the molecule is COc1ccc2cc3[n+](cc2c1OCCCCCC(C)C(C)(C(=O)OC(C)(C)C)C(O)OC(C)(C)C)CCc1cc2c(cc1-3)CCC2. The highest BCUT2D eigenvalue weighted by atomic mass is 16.6. The number of benzene rings is 2. The molecule has 1 aromatic heterocycles. The van der Waals surface area contributed by atoms with Crippen LogP contribution in [0.15, 0.2) is 36.5 Å². The van der Waals surface area contributed by atoms with Crippen molar-refractivity contribution in [2.24, 2.45) is 11.3 Å². The molecule has 5 rings (SSSR count). The highest BCUT2D eigenvalue weighted by Gasteiger charge is 2.49. The van der Waals surface area contributed by atoms with Gasteiger partial charge in [0.15, 0.2) is 30.5 Å². The summed E-state index contributed by atoms with van der Waals surface area (Å²) < 4.78 is 26.2. The number of nitrogens with zero attached hydrogens (tertiary/aromatic N) is 1. The van der Waals surface area contributed by atoms with Gasteiger partial charge < -0.3 is 24.1 Å². The third-order valence-corrected chi connectivity index (χ3v) is 9.88. The summed E-state index contributed by atoms with van der Waals surface area (Å²) in [6.07, 6.45) is 9.04. The van der Waals surface area contributed by atoms with Gasteiger partial charge in [-0.15, -0.1) is 0 Å². The lowest BCUT2D eigenvalue weighted by molar-refractivity contribution is -0.686. The predicted molar refractivity (Wildman–Crippen MR) is 186 cm³/mol. The second-order valence-corrected chi connectivity index (χ2v) is 15.8. The number of hydrogen-bond donors (Lipinski definition) is 1. The first-order valence-electron chi connectivity index (χ1n) is 17.5. The van der Waals surface area contributed by atoms with Gasteiger partial charge in [0.05, 0.1) is 24.7 Å². The normalized spacial score (nSPS) is 16.9. The average molecular weight is 647 g/mol. The van der Waals surface area contributed by atoms with Crippen LogP contribution < -0.4 is 14.0 Å². The number of methoxy groups -OCH3 is 1. The standard InChI is InChI=1S/C40H56NO6/c1-26(40(8,36(42)46-38(2,3)4)37(43)47-39(5,6)7)14-11-10-12-21-45-35-32-25-41-20-19-30-22-27-15-13-16-28(27)23-31(30)33(41)24-29(32)17-18-34(35)44-9/h17-18,22-26,36,42H,10-16,19-21H2,1-9H3/q+1. The highest BCUT2D eigenvalue weighted by Crippen LogP contribution is 2.41. The Balaban J connectivity index is 1.24. The van der Waals surface area contributed by atoms with E-state index in [0.717, 1.165) is 60.9 Å². The number of pyridine rings is 1. The van der Waals surface area contributed by atoms with Crippen LogP contribution in [0.25, 0.3) is 22.0 Å². The summed E-state index contributed by atoms with van der Waals surface area (Å²) in [5, 5.41) is 13.4. The summed E-state index contributed by atoms with van der Waals surface area (Å²) in [5.74, 6) is 0.922. The first-order chi connectivity index (χ1) is 22.1. The molecular weight excluding hydrogens is 590 g/mol. The van der Waals surface area contributed by atoms with E-state index < -0.39 is 28.9 Å². The van der Waals surface area contributed by atoms with E-state index in [1.165, 1.54) is 47.2 Å². The van der Waals surface area contributed by atoms with Gasteiger partial charge in [-0.3, -0.25) is 4.79 Å². The van der Waals surface area contributed by atoms with Gasteiger partial charge in [0.2, 0.25) is 5.69 Å². The number of aliphatic hydroxyl groups excluding tert-OH is 1. The molecule has 1 aliphatic carbocycles. The van der Waals surface area contributed by atoms with Gasteiger partial charge in [0, 0.05) is 18.1 Å². The molecule has 2 aromatic carbocycles. The van der Waals surface area contributed by atoms with Gasteiger partial charge in [-0.05, 0) is 127 Å². The molecule has 0 spiro atoms. The van der Waals surface area contributed by atoms with Crippen LogP contribution in [-0.2, 0) is 40.1 Å². The maximum Gasteiger partial charge on any atom is 0.317 e. The number of aromatic nitrogens is 1. The summed E-state index contributed by atoms with van der Waals surface area (Å²) in [5.41, 5.74) is 4.68. The second kappa shape index (κ2) is 13.8. The number of aliphatic hydroxyl groups is 1. The molecule has 2 heterocycles. The van der Waals surface area contributed by atoms with Crippen LogP contribution in [0.2, 0.25) is 0 Å². The van der Waals surface area contributed by atoms with E-state index >= 15 is 0 Å². The largest absolute Gasteiger partial charge is 0.493 e. The summed E-state index contributed by atoms with van der Waals surface area (Å²) in [7, 11) is 1.69. The van der Waals surface area contributed by atoms with E-state index in [0.29, 0.717) is 6.61 Å². The molecule has 3 unspecified atom stereocenters. The highest BCUT2D eigenvalue weighted by molar-refractivity contribution is 5.91. The van der Waals surface area contributed by atoms with Crippen LogP contribution in [0.5, 0.6) is 11.5 Å². The molecule has 0 amide bonds. The topological polar surface area (TPSA) is 78.1 Å². The molecule has 0 fully saturated rings. The van der Waals surface area contributed by atoms with Crippen molar-refractivity contribution < 1.29 is 33.4 Å². The molecule has 0 bridgehead atoms. The Bertz CT molecular complexity index is 1600. The first kappa shape index (κ1) is 35.2. The lowest BCUT2D eigenvalue weighted by atomic mass is 9.74. The monoisotopic (exact) mass is 646 g/mol. The van der Waals surface area contributed by atoms with Crippen LogP contribution in [-0.4, -0.2) is 42.3 Å². The van der Waals surface area contributed by atoms with Gasteiger partial charge in [-0.1, -0.05) is 25.8 Å². The lowest BCUT2D eigenvalue weighted by Gasteiger charge is -2.41.